The number of rotatable bonds is 6. The van der Waals surface area contributed by atoms with E-state index in [0.29, 0.717) is 12.0 Å². The van der Waals surface area contributed by atoms with Crippen molar-refractivity contribution >= 4 is 5.96 Å². The lowest BCUT2D eigenvalue weighted by Crippen LogP contribution is -2.39. The number of nitrogens with one attached hydrogen (secondary N) is 1. The minimum absolute atomic E-state index is 0.491. The number of hydrogen-bond acceptors (Lipinski definition) is 1. The summed E-state index contributed by atoms with van der Waals surface area (Å²) in [5.74, 6) is 0.599. The summed E-state index contributed by atoms with van der Waals surface area (Å²) < 4.78 is 0. The van der Waals surface area contributed by atoms with Gasteiger partial charge in [0.05, 0.1) is 0 Å². The lowest BCUT2D eigenvalue weighted by atomic mass is 10.1. The van der Waals surface area contributed by atoms with Gasteiger partial charge in [-0.25, -0.2) is 0 Å². The molecule has 0 fully saturated rings. The van der Waals surface area contributed by atoms with Crippen LogP contribution in [0.25, 0.3) is 0 Å². The second-order valence-corrected chi connectivity index (χ2v) is 3.31. The summed E-state index contributed by atoms with van der Waals surface area (Å²) in [7, 11) is 0. The van der Waals surface area contributed by atoms with E-state index in [1.807, 2.05) is 0 Å². The van der Waals surface area contributed by atoms with Crippen molar-refractivity contribution < 1.29 is 0 Å². The summed E-state index contributed by atoms with van der Waals surface area (Å²) in [5.41, 5.74) is 5.71. The molecule has 13 heavy (non-hydrogen) atoms. The molecule has 0 radical (unpaired) electrons. The Morgan fingerprint density at radius 3 is 2.46 bits per heavy atom. The fourth-order valence-electron chi connectivity index (χ4n) is 1.21. The van der Waals surface area contributed by atoms with Gasteiger partial charge in [0.1, 0.15) is 0 Å². The molecule has 1 unspecified atom stereocenters. The van der Waals surface area contributed by atoms with Gasteiger partial charge in [0.2, 0.25) is 0 Å². The molecule has 78 valence electrons. The Kier molecular flexibility index (Phi) is 7.45. The van der Waals surface area contributed by atoms with Gasteiger partial charge in [-0.15, -0.1) is 0 Å². The highest BCUT2D eigenvalue weighted by Crippen LogP contribution is 1.99. The number of aliphatic imine (C=N–C) groups is 1. The molecule has 0 saturated heterocycles. The molecular weight excluding hydrogens is 162 g/mol. The summed E-state index contributed by atoms with van der Waals surface area (Å²) in [6.45, 7) is 7.27. The highest BCUT2D eigenvalue weighted by Gasteiger charge is 2.04. The van der Waals surface area contributed by atoms with E-state index >= 15 is 0 Å². The number of hydrogen-bond donors (Lipinski definition) is 2. The summed E-state index contributed by atoms with van der Waals surface area (Å²) in [6.07, 6.45) is 4.51. The van der Waals surface area contributed by atoms with Crippen LogP contribution in [0.15, 0.2) is 4.99 Å². The molecule has 0 bridgehead atoms. The SMILES string of the molecule is CCCN=C(N)NC(CC)CCC. The predicted molar refractivity (Wildman–Crippen MR) is 58.9 cm³/mol. The van der Waals surface area contributed by atoms with Crippen molar-refractivity contribution in [2.45, 2.75) is 52.5 Å². The van der Waals surface area contributed by atoms with Crippen LogP contribution >= 0.6 is 0 Å². The minimum atomic E-state index is 0.491. The van der Waals surface area contributed by atoms with Crippen molar-refractivity contribution in [3.63, 3.8) is 0 Å². The Morgan fingerprint density at radius 1 is 1.31 bits per heavy atom. The van der Waals surface area contributed by atoms with Crippen molar-refractivity contribution in [1.82, 2.24) is 5.32 Å². The second kappa shape index (κ2) is 7.90. The van der Waals surface area contributed by atoms with Gasteiger partial charge in [-0.2, -0.15) is 0 Å². The Hall–Kier alpha value is -0.730. The van der Waals surface area contributed by atoms with E-state index < -0.39 is 0 Å². The third-order valence-corrected chi connectivity index (χ3v) is 1.99. The van der Waals surface area contributed by atoms with Gasteiger partial charge in [-0.3, -0.25) is 4.99 Å². The van der Waals surface area contributed by atoms with Gasteiger partial charge in [0.15, 0.2) is 5.96 Å². The molecule has 0 aliphatic heterocycles. The maximum Gasteiger partial charge on any atom is 0.188 e. The summed E-state index contributed by atoms with van der Waals surface area (Å²) in [5, 5.41) is 3.23. The number of nitrogens with zero attached hydrogens (tertiary/aromatic N) is 1. The molecule has 0 saturated carbocycles. The van der Waals surface area contributed by atoms with Crippen molar-refractivity contribution in [3.05, 3.63) is 0 Å². The first-order valence-corrected chi connectivity index (χ1v) is 5.31. The third kappa shape index (κ3) is 6.43. The van der Waals surface area contributed by atoms with Gasteiger partial charge in [-0.05, 0) is 19.3 Å². The van der Waals surface area contributed by atoms with Crippen LogP contribution in [0.5, 0.6) is 0 Å². The zero-order valence-electron chi connectivity index (χ0n) is 9.14. The van der Waals surface area contributed by atoms with Crippen LogP contribution < -0.4 is 11.1 Å². The molecule has 0 aromatic rings. The fourth-order valence-corrected chi connectivity index (χ4v) is 1.21. The van der Waals surface area contributed by atoms with Gasteiger partial charge >= 0.3 is 0 Å². The first kappa shape index (κ1) is 12.3. The summed E-state index contributed by atoms with van der Waals surface area (Å²) in [6, 6.07) is 0.491. The molecule has 0 amide bonds. The zero-order valence-corrected chi connectivity index (χ0v) is 9.14. The van der Waals surface area contributed by atoms with Crippen molar-refractivity contribution in [2.75, 3.05) is 6.54 Å². The van der Waals surface area contributed by atoms with Crippen LogP contribution in [-0.4, -0.2) is 18.5 Å². The quantitative estimate of drug-likeness (QED) is 0.490. The van der Waals surface area contributed by atoms with Crippen LogP contribution in [0, 0.1) is 0 Å². The predicted octanol–water partition coefficient (Wildman–Crippen LogP) is 1.88. The van der Waals surface area contributed by atoms with E-state index in [9.17, 15) is 0 Å². The van der Waals surface area contributed by atoms with E-state index in [0.717, 1.165) is 19.4 Å². The lowest BCUT2D eigenvalue weighted by molar-refractivity contribution is 0.534. The topological polar surface area (TPSA) is 50.4 Å². The van der Waals surface area contributed by atoms with Crippen molar-refractivity contribution in [1.29, 1.82) is 0 Å². The molecule has 0 rings (SSSR count). The number of guanidine groups is 1. The molecule has 0 heterocycles. The average molecular weight is 185 g/mol. The molecule has 0 aromatic carbocycles. The van der Waals surface area contributed by atoms with Crippen LogP contribution in [-0.2, 0) is 0 Å². The second-order valence-electron chi connectivity index (χ2n) is 3.31. The van der Waals surface area contributed by atoms with E-state index in [1.54, 1.807) is 0 Å². The summed E-state index contributed by atoms with van der Waals surface area (Å²) in [4.78, 5) is 4.20. The first-order chi connectivity index (χ1) is 6.24. The molecule has 3 heteroatoms. The molecule has 0 aliphatic rings. The van der Waals surface area contributed by atoms with Crippen LogP contribution in [0.1, 0.15) is 46.5 Å². The van der Waals surface area contributed by atoms with Gasteiger partial charge < -0.3 is 11.1 Å². The Bertz CT molecular complexity index is 143. The molecule has 0 spiro atoms. The maximum atomic E-state index is 5.71. The standard InChI is InChI=1S/C10H23N3/c1-4-7-9(6-3)13-10(11)12-8-5-2/h9H,4-8H2,1-3H3,(H3,11,12,13). The van der Waals surface area contributed by atoms with Gasteiger partial charge in [0.25, 0.3) is 0 Å². The fraction of sp³-hybridized carbons (Fsp3) is 0.900. The van der Waals surface area contributed by atoms with E-state index in [2.05, 4.69) is 31.1 Å². The zero-order chi connectivity index (χ0) is 10.1. The Balaban J connectivity index is 3.77. The van der Waals surface area contributed by atoms with Crippen molar-refractivity contribution in [3.8, 4) is 0 Å². The monoisotopic (exact) mass is 185 g/mol. The highest BCUT2D eigenvalue weighted by atomic mass is 15.1. The van der Waals surface area contributed by atoms with E-state index in [-0.39, 0.29) is 0 Å². The molecule has 0 aromatic heterocycles. The Labute approximate surface area is 81.8 Å². The first-order valence-electron chi connectivity index (χ1n) is 5.31. The average Bonchev–Trinajstić information content (AvgIpc) is 2.14. The van der Waals surface area contributed by atoms with E-state index in [4.69, 9.17) is 5.73 Å². The van der Waals surface area contributed by atoms with Gasteiger partial charge in [0, 0.05) is 12.6 Å². The summed E-state index contributed by atoms with van der Waals surface area (Å²) >= 11 is 0. The highest BCUT2D eigenvalue weighted by molar-refractivity contribution is 5.78. The largest absolute Gasteiger partial charge is 0.370 e. The molecular formula is C10H23N3. The van der Waals surface area contributed by atoms with Crippen LogP contribution in [0.3, 0.4) is 0 Å². The van der Waals surface area contributed by atoms with Crippen molar-refractivity contribution in [2.24, 2.45) is 10.7 Å². The smallest absolute Gasteiger partial charge is 0.188 e. The minimum Gasteiger partial charge on any atom is -0.370 e. The number of nitrogens with two attached hydrogens (primary N) is 1. The normalized spacial score (nSPS) is 14.2. The lowest BCUT2D eigenvalue weighted by Gasteiger charge is -2.16. The Morgan fingerprint density at radius 2 is 2.00 bits per heavy atom. The third-order valence-electron chi connectivity index (χ3n) is 1.99. The maximum absolute atomic E-state index is 5.71. The molecule has 1 atom stereocenters. The van der Waals surface area contributed by atoms with Crippen LogP contribution in [0.2, 0.25) is 0 Å². The van der Waals surface area contributed by atoms with E-state index in [1.165, 1.54) is 12.8 Å². The molecule has 3 nitrogen and oxygen atoms in total. The van der Waals surface area contributed by atoms with Gasteiger partial charge in [-0.1, -0.05) is 27.2 Å². The molecule has 0 aliphatic carbocycles. The van der Waals surface area contributed by atoms with Crippen LogP contribution in [0.4, 0.5) is 0 Å². The molecule has 3 N–H and O–H groups in total.